The maximum atomic E-state index is 11.9. The molecule has 6 heteroatoms. The van der Waals surface area contributed by atoms with Crippen molar-refractivity contribution < 1.29 is 9.53 Å². The number of aromatic nitrogens is 1. The van der Waals surface area contributed by atoms with Gasteiger partial charge in [0.2, 0.25) is 0 Å². The highest BCUT2D eigenvalue weighted by Gasteiger charge is 2.34. The second-order valence-electron chi connectivity index (χ2n) is 5.73. The van der Waals surface area contributed by atoms with Crippen LogP contribution in [0.4, 0.5) is 11.5 Å². The highest BCUT2D eigenvalue weighted by Crippen LogP contribution is 2.31. The molecule has 1 aromatic rings. The second-order valence-corrected chi connectivity index (χ2v) is 5.73. The number of fused-ring (bicyclic) bond motifs is 3. The van der Waals surface area contributed by atoms with Crippen molar-refractivity contribution >= 4 is 17.5 Å². The van der Waals surface area contributed by atoms with Crippen LogP contribution in [0.5, 0.6) is 0 Å². The first kappa shape index (κ1) is 14.1. The summed E-state index contributed by atoms with van der Waals surface area (Å²) in [5.74, 6) is 0.871. The molecule has 3 saturated heterocycles. The Kier molecular flexibility index (Phi) is 3.96. The zero-order chi connectivity index (χ0) is 14.8. The first-order valence-electron chi connectivity index (χ1n) is 7.59. The zero-order valence-electron chi connectivity index (χ0n) is 12.3. The predicted molar refractivity (Wildman–Crippen MR) is 81.2 cm³/mol. The number of nitrogens with zero attached hydrogens (tertiary/aromatic N) is 2. The van der Waals surface area contributed by atoms with E-state index < -0.39 is 5.97 Å². The Morgan fingerprint density at radius 1 is 1.52 bits per heavy atom. The lowest BCUT2D eigenvalue weighted by Crippen LogP contribution is -2.53. The molecule has 0 radical (unpaired) electrons. The Hall–Kier alpha value is -1.82. The first-order chi connectivity index (χ1) is 10.2. The maximum absolute atomic E-state index is 11.9. The van der Waals surface area contributed by atoms with Gasteiger partial charge >= 0.3 is 5.97 Å². The van der Waals surface area contributed by atoms with E-state index in [0.29, 0.717) is 35.6 Å². The molecule has 1 atom stereocenters. The zero-order valence-corrected chi connectivity index (χ0v) is 12.3. The molecule has 0 amide bonds. The van der Waals surface area contributed by atoms with Crippen molar-refractivity contribution in [3.63, 3.8) is 0 Å². The number of nitrogens with one attached hydrogen (secondary N) is 1. The Labute approximate surface area is 124 Å². The molecule has 3 N–H and O–H groups in total. The van der Waals surface area contributed by atoms with Gasteiger partial charge in [-0.2, -0.15) is 0 Å². The van der Waals surface area contributed by atoms with E-state index >= 15 is 0 Å². The fourth-order valence-corrected chi connectivity index (χ4v) is 3.28. The van der Waals surface area contributed by atoms with Gasteiger partial charge in [-0.25, -0.2) is 9.78 Å². The van der Waals surface area contributed by atoms with Crippen molar-refractivity contribution in [2.45, 2.75) is 25.8 Å². The number of ether oxygens (including phenoxy) is 1. The van der Waals surface area contributed by atoms with Gasteiger partial charge < -0.3 is 20.7 Å². The number of hydrogen-bond donors (Lipinski definition) is 2. The topological polar surface area (TPSA) is 80.5 Å². The number of piperidine rings is 3. The average Bonchev–Trinajstić information content (AvgIpc) is 2.51. The molecule has 3 aliphatic heterocycles. The molecule has 1 unspecified atom stereocenters. The van der Waals surface area contributed by atoms with Gasteiger partial charge in [0.1, 0.15) is 5.82 Å². The van der Waals surface area contributed by atoms with Crippen LogP contribution in [-0.2, 0) is 4.74 Å². The van der Waals surface area contributed by atoms with E-state index in [1.165, 1.54) is 25.9 Å². The van der Waals surface area contributed by atoms with Crippen LogP contribution in [0.2, 0.25) is 0 Å². The van der Waals surface area contributed by atoms with Crippen LogP contribution >= 0.6 is 0 Å². The lowest BCUT2D eigenvalue weighted by atomic mass is 9.84. The Morgan fingerprint density at radius 2 is 2.29 bits per heavy atom. The third kappa shape index (κ3) is 2.81. The molecule has 0 spiro atoms. The molecule has 21 heavy (non-hydrogen) atoms. The van der Waals surface area contributed by atoms with Gasteiger partial charge in [-0.1, -0.05) is 0 Å². The van der Waals surface area contributed by atoms with Crippen LogP contribution < -0.4 is 11.1 Å². The SMILES string of the molecule is CCOC(=O)c1ccnc(NC2CN3CCC2CC3)c1N. The number of nitrogens with two attached hydrogens (primary N) is 1. The minimum Gasteiger partial charge on any atom is -0.462 e. The summed E-state index contributed by atoms with van der Waals surface area (Å²) in [6.07, 6.45) is 4.04. The van der Waals surface area contributed by atoms with Crippen molar-refractivity contribution in [2.24, 2.45) is 5.92 Å². The number of anilines is 2. The molecular weight excluding hydrogens is 268 g/mol. The first-order valence-corrected chi connectivity index (χ1v) is 7.59. The smallest absolute Gasteiger partial charge is 0.340 e. The summed E-state index contributed by atoms with van der Waals surface area (Å²) in [4.78, 5) is 18.6. The highest BCUT2D eigenvalue weighted by molar-refractivity contribution is 5.97. The van der Waals surface area contributed by atoms with Crippen molar-refractivity contribution in [3.8, 4) is 0 Å². The van der Waals surface area contributed by atoms with Crippen molar-refractivity contribution in [3.05, 3.63) is 17.8 Å². The van der Waals surface area contributed by atoms with Crippen molar-refractivity contribution in [1.82, 2.24) is 9.88 Å². The molecule has 114 valence electrons. The molecule has 2 bridgehead atoms. The number of pyridine rings is 1. The lowest BCUT2D eigenvalue weighted by Gasteiger charge is -2.45. The summed E-state index contributed by atoms with van der Waals surface area (Å²) in [5.41, 5.74) is 6.86. The summed E-state index contributed by atoms with van der Waals surface area (Å²) < 4.78 is 5.02. The van der Waals surface area contributed by atoms with Gasteiger partial charge in [-0.3, -0.25) is 0 Å². The van der Waals surface area contributed by atoms with E-state index in [-0.39, 0.29) is 0 Å². The van der Waals surface area contributed by atoms with Gasteiger partial charge in [0.25, 0.3) is 0 Å². The van der Waals surface area contributed by atoms with Crippen LogP contribution in [0.1, 0.15) is 30.1 Å². The number of rotatable bonds is 4. The molecule has 1 aromatic heterocycles. The minimum atomic E-state index is -0.394. The monoisotopic (exact) mass is 290 g/mol. The van der Waals surface area contributed by atoms with Crippen LogP contribution in [0.3, 0.4) is 0 Å². The molecular formula is C15H22N4O2. The standard InChI is InChI=1S/C15H22N4O2/c1-2-21-15(20)11-3-6-17-14(13(11)16)18-12-9-19-7-4-10(12)5-8-19/h3,6,10,12H,2,4-5,7-9,16H2,1H3,(H,17,18). The van der Waals surface area contributed by atoms with E-state index in [4.69, 9.17) is 10.5 Å². The number of hydrogen-bond acceptors (Lipinski definition) is 6. The van der Waals surface area contributed by atoms with E-state index in [2.05, 4.69) is 15.2 Å². The van der Waals surface area contributed by atoms with E-state index in [1.807, 2.05) is 0 Å². The number of esters is 1. The van der Waals surface area contributed by atoms with E-state index in [0.717, 1.165) is 6.54 Å². The molecule has 3 fully saturated rings. The van der Waals surface area contributed by atoms with E-state index in [1.54, 1.807) is 19.2 Å². The fourth-order valence-electron chi connectivity index (χ4n) is 3.28. The fraction of sp³-hybridized carbons (Fsp3) is 0.600. The van der Waals surface area contributed by atoms with Crippen molar-refractivity contribution in [2.75, 3.05) is 37.3 Å². The average molecular weight is 290 g/mol. The van der Waals surface area contributed by atoms with Gasteiger partial charge in [-0.05, 0) is 44.8 Å². The third-order valence-corrected chi connectivity index (χ3v) is 4.46. The molecule has 4 rings (SSSR count). The minimum absolute atomic E-state index is 0.336. The van der Waals surface area contributed by atoms with Crippen LogP contribution in [0, 0.1) is 5.92 Å². The van der Waals surface area contributed by atoms with Crippen molar-refractivity contribution in [1.29, 1.82) is 0 Å². The summed E-state index contributed by atoms with van der Waals surface area (Å²) in [7, 11) is 0. The molecule has 0 aliphatic carbocycles. The summed E-state index contributed by atoms with van der Waals surface area (Å²) in [6.45, 7) is 5.52. The van der Waals surface area contributed by atoms with E-state index in [9.17, 15) is 4.79 Å². The third-order valence-electron chi connectivity index (χ3n) is 4.46. The van der Waals surface area contributed by atoms with Gasteiger partial charge in [0.15, 0.2) is 0 Å². The summed E-state index contributed by atoms with van der Waals surface area (Å²) >= 11 is 0. The second kappa shape index (κ2) is 5.89. The Bertz CT molecular complexity index is 526. The summed E-state index contributed by atoms with van der Waals surface area (Å²) in [5, 5.41) is 3.43. The van der Waals surface area contributed by atoms with Gasteiger partial charge in [-0.15, -0.1) is 0 Å². The maximum Gasteiger partial charge on any atom is 0.340 e. The molecule has 3 aliphatic rings. The lowest BCUT2D eigenvalue weighted by molar-refractivity contribution is 0.0527. The largest absolute Gasteiger partial charge is 0.462 e. The highest BCUT2D eigenvalue weighted by atomic mass is 16.5. The Morgan fingerprint density at radius 3 is 2.90 bits per heavy atom. The quantitative estimate of drug-likeness (QED) is 0.815. The van der Waals surface area contributed by atoms with Gasteiger partial charge in [0, 0.05) is 18.8 Å². The Balaban J connectivity index is 1.76. The predicted octanol–water partition coefficient (Wildman–Crippen LogP) is 1.35. The number of carbonyl (C=O) groups excluding carboxylic acids is 1. The van der Waals surface area contributed by atoms with Gasteiger partial charge in [0.05, 0.1) is 17.9 Å². The summed E-state index contributed by atoms with van der Waals surface area (Å²) in [6, 6.07) is 1.97. The van der Waals surface area contributed by atoms with Crippen LogP contribution in [0.15, 0.2) is 12.3 Å². The van der Waals surface area contributed by atoms with Crippen LogP contribution in [0.25, 0.3) is 0 Å². The normalized spacial score (nSPS) is 27.4. The molecule has 4 heterocycles. The van der Waals surface area contributed by atoms with Crippen LogP contribution in [-0.4, -0.2) is 48.1 Å². The molecule has 0 aromatic carbocycles. The number of carbonyl (C=O) groups is 1. The number of nitrogen functional groups attached to an aromatic ring is 1. The molecule has 6 nitrogen and oxygen atoms in total. The molecule has 0 saturated carbocycles.